The summed E-state index contributed by atoms with van der Waals surface area (Å²) in [6, 6.07) is 10.1. The Morgan fingerprint density at radius 1 is 1.15 bits per heavy atom. The monoisotopic (exact) mass is 473 g/mol. The summed E-state index contributed by atoms with van der Waals surface area (Å²) in [4.78, 5) is 1.42. The molecule has 5 heteroatoms. The van der Waals surface area contributed by atoms with E-state index in [1.54, 1.807) is 0 Å². The average molecular weight is 475 g/mol. The van der Waals surface area contributed by atoms with Gasteiger partial charge in [-0.05, 0) is 60.9 Å². The van der Waals surface area contributed by atoms with E-state index in [9.17, 15) is 5.11 Å². The van der Waals surface area contributed by atoms with Gasteiger partial charge in [0.15, 0.2) is 0 Å². The Bertz CT molecular complexity index is 649. The van der Waals surface area contributed by atoms with Gasteiger partial charge in [-0.15, -0.1) is 28.3 Å². The average Bonchev–Trinajstić information content (AvgIpc) is 3.06. The number of aryl methyl sites for hydroxylation is 1. The Morgan fingerprint density at radius 3 is 2.67 bits per heavy atom. The second-order valence-electron chi connectivity index (χ2n) is 7.17. The number of hydrogen-bond donors (Lipinski definition) is 2. The number of rotatable bonds is 12. The Morgan fingerprint density at radius 2 is 1.93 bits per heavy atom. The van der Waals surface area contributed by atoms with Crippen LogP contribution in [0.5, 0.6) is 0 Å². The largest absolute Gasteiger partial charge is 0.387 e. The highest BCUT2D eigenvalue weighted by atomic mass is 79.9. The van der Waals surface area contributed by atoms with Crippen LogP contribution in [0.1, 0.15) is 68.1 Å². The number of aliphatic hydroxyl groups is 1. The summed E-state index contributed by atoms with van der Waals surface area (Å²) in [6.07, 6.45) is 8.35. The second kappa shape index (κ2) is 13.7. The van der Waals surface area contributed by atoms with Gasteiger partial charge in [0.05, 0.1) is 6.10 Å². The fourth-order valence-corrected chi connectivity index (χ4v) is 4.37. The van der Waals surface area contributed by atoms with Crippen molar-refractivity contribution in [3.8, 4) is 0 Å². The van der Waals surface area contributed by atoms with Crippen molar-refractivity contribution in [1.82, 2.24) is 5.32 Å². The van der Waals surface area contributed by atoms with Crippen LogP contribution in [0, 0.1) is 0 Å². The van der Waals surface area contributed by atoms with Gasteiger partial charge in [-0.25, -0.2) is 0 Å². The van der Waals surface area contributed by atoms with E-state index in [2.05, 4.69) is 30.6 Å². The molecule has 1 heterocycles. The fourth-order valence-electron chi connectivity index (χ4n) is 3.12. The molecule has 0 aliphatic carbocycles. The van der Waals surface area contributed by atoms with Crippen LogP contribution in [0.4, 0.5) is 0 Å². The summed E-state index contributed by atoms with van der Waals surface area (Å²) < 4.78 is 0. The first-order valence-electron chi connectivity index (χ1n) is 9.81. The molecule has 2 aromatic rings. The lowest BCUT2D eigenvalue weighted by atomic mass is 10.1. The first-order valence-corrected chi connectivity index (χ1v) is 11.1. The molecule has 2 N–H and O–H groups in total. The van der Waals surface area contributed by atoms with Crippen LogP contribution >= 0.6 is 39.9 Å². The zero-order chi connectivity index (χ0) is 18.8. The highest BCUT2D eigenvalue weighted by Gasteiger charge is 2.11. The molecule has 2 atom stereocenters. The van der Waals surface area contributed by atoms with E-state index in [1.807, 2.05) is 35.6 Å². The van der Waals surface area contributed by atoms with Crippen LogP contribution in [-0.2, 0) is 12.8 Å². The lowest BCUT2D eigenvalue weighted by Gasteiger charge is -2.17. The topological polar surface area (TPSA) is 32.3 Å². The Balaban J connectivity index is 0.00000364. The van der Waals surface area contributed by atoms with E-state index in [1.165, 1.54) is 49.0 Å². The Labute approximate surface area is 184 Å². The van der Waals surface area contributed by atoms with Crippen LogP contribution in [0.15, 0.2) is 35.7 Å². The quantitative estimate of drug-likeness (QED) is 0.334. The van der Waals surface area contributed by atoms with Crippen LogP contribution in [0.2, 0.25) is 5.02 Å². The van der Waals surface area contributed by atoms with Gasteiger partial charge in [0.25, 0.3) is 0 Å². The van der Waals surface area contributed by atoms with Crippen LogP contribution in [0.3, 0.4) is 0 Å². The van der Waals surface area contributed by atoms with Crippen LogP contribution in [0.25, 0.3) is 0 Å². The number of thiophene rings is 1. The van der Waals surface area contributed by atoms with Crippen molar-refractivity contribution in [2.45, 2.75) is 70.9 Å². The zero-order valence-corrected chi connectivity index (χ0v) is 19.7. The molecule has 0 saturated heterocycles. The summed E-state index contributed by atoms with van der Waals surface area (Å²) in [7, 11) is 0. The molecule has 1 aromatic carbocycles. The molecular formula is C22H33BrClNOS. The molecule has 1 aromatic heterocycles. The van der Waals surface area contributed by atoms with Crippen molar-refractivity contribution in [2.75, 3.05) is 6.54 Å². The van der Waals surface area contributed by atoms with Gasteiger partial charge in [-0.2, -0.15) is 0 Å². The summed E-state index contributed by atoms with van der Waals surface area (Å²) in [5.41, 5.74) is 2.34. The van der Waals surface area contributed by atoms with E-state index < -0.39 is 6.10 Å². The van der Waals surface area contributed by atoms with Crippen LogP contribution in [-0.4, -0.2) is 17.7 Å². The minimum Gasteiger partial charge on any atom is -0.387 e. The predicted molar refractivity (Wildman–Crippen MR) is 125 cm³/mol. The highest BCUT2D eigenvalue weighted by Crippen LogP contribution is 2.20. The molecule has 0 fully saturated rings. The smallest absolute Gasteiger partial charge is 0.0914 e. The van der Waals surface area contributed by atoms with Gasteiger partial charge in [0.2, 0.25) is 0 Å². The maximum atomic E-state index is 10.3. The third kappa shape index (κ3) is 9.58. The molecule has 2 nitrogen and oxygen atoms in total. The van der Waals surface area contributed by atoms with Gasteiger partial charge in [0.1, 0.15) is 0 Å². The van der Waals surface area contributed by atoms with Gasteiger partial charge in [-0.3, -0.25) is 0 Å². The Kier molecular flexibility index (Phi) is 12.5. The highest BCUT2D eigenvalue weighted by molar-refractivity contribution is 8.93. The normalized spacial score (nSPS) is 13.2. The SMILES string of the molecule is Br.CCCCCCCc1csc(CC(C)NCC(O)c2cccc(Cl)c2)c1. The summed E-state index contributed by atoms with van der Waals surface area (Å²) in [6.45, 7) is 4.97. The predicted octanol–water partition coefficient (Wildman–Crippen LogP) is 6.75. The molecule has 152 valence electrons. The van der Waals surface area contributed by atoms with Gasteiger partial charge < -0.3 is 10.4 Å². The maximum Gasteiger partial charge on any atom is 0.0914 e. The van der Waals surface area contributed by atoms with E-state index in [0.717, 1.165) is 12.0 Å². The second-order valence-corrected chi connectivity index (χ2v) is 8.60. The molecule has 27 heavy (non-hydrogen) atoms. The molecule has 0 saturated carbocycles. The molecule has 0 spiro atoms. The summed E-state index contributed by atoms with van der Waals surface area (Å²) in [5, 5.41) is 16.7. The van der Waals surface area contributed by atoms with Crippen molar-refractivity contribution in [3.63, 3.8) is 0 Å². The van der Waals surface area contributed by atoms with Crippen molar-refractivity contribution in [2.24, 2.45) is 0 Å². The van der Waals surface area contributed by atoms with E-state index >= 15 is 0 Å². The number of aliphatic hydroxyl groups excluding tert-OH is 1. The maximum absolute atomic E-state index is 10.3. The van der Waals surface area contributed by atoms with Crippen molar-refractivity contribution in [3.05, 3.63) is 56.7 Å². The first kappa shape index (κ1) is 24.6. The molecule has 0 aliphatic heterocycles. The fraction of sp³-hybridized carbons (Fsp3) is 0.545. The minimum atomic E-state index is -0.529. The van der Waals surface area contributed by atoms with E-state index in [0.29, 0.717) is 17.6 Å². The standard InChI is InChI=1S/C22H32ClNOS.BrH/c1-3-4-5-6-7-9-18-13-21(26-16-18)12-17(2)24-15-22(25)19-10-8-11-20(23)14-19;/h8,10-11,13-14,16-17,22,24-25H,3-7,9,12,15H2,1-2H3;1H. The number of unbranched alkanes of at least 4 members (excludes halogenated alkanes) is 4. The third-order valence-corrected chi connectivity index (χ3v) is 5.92. The lowest BCUT2D eigenvalue weighted by Crippen LogP contribution is -2.31. The van der Waals surface area contributed by atoms with E-state index in [4.69, 9.17) is 11.6 Å². The molecule has 2 unspecified atom stereocenters. The third-order valence-electron chi connectivity index (χ3n) is 4.68. The molecule has 0 amide bonds. The lowest BCUT2D eigenvalue weighted by molar-refractivity contribution is 0.170. The molecule has 0 aliphatic rings. The molecule has 2 rings (SSSR count). The van der Waals surface area contributed by atoms with E-state index in [-0.39, 0.29) is 17.0 Å². The zero-order valence-electron chi connectivity index (χ0n) is 16.4. The van der Waals surface area contributed by atoms with Gasteiger partial charge in [-0.1, -0.05) is 56.3 Å². The van der Waals surface area contributed by atoms with Crippen molar-refractivity contribution in [1.29, 1.82) is 0 Å². The Hall–Kier alpha value is -0.390. The van der Waals surface area contributed by atoms with Crippen LogP contribution < -0.4 is 5.32 Å². The van der Waals surface area contributed by atoms with Gasteiger partial charge in [0, 0.05) is 22.5 Å². The molecular weight excluding hydrogens is 442 g/mol. The summed E-state index contributed by atoms with van der Waals surface area (Å²) >= 11 is 7.85. The number of hydrogen-bond acceptors (Lipinski definition) is 3. The minimum absolute atomic E-state index is 0. The summed E-state index contributed by atoms with van der Waals surface area (Å²) in [5.74, 6) is 0. The van der Waals surface area contributed by atoms with Crippen molar-refractivity contribution >= 4 is 39.9 Å². The number of benzene rings is 1. The number of nitrogens with one attached hydrogen (secondary N) is 1. The molecule has 0 radical (unpaired) electrons. The number of halogens is 2. The van der Waals surface area contributed by atoms with Gasteiger partial charge >= 0.3 is 0 Å². The first-order chi connectivity index (χ1) is 12.6. The van der Waals surface area contributed by atoms with Crippen molar-refractivity contribution < 1.29 is 5.11 Å². The molecule has 0 bridgehead atoms.